The lowest BCUT2D eigenvalue weighted by Gasteiger charge is -2.28. The Morgan fingerprint density at radius 1 is 1.12 bits per heavy atom. The number of carbonyl (C=O) groups excluding carboxylic acids is 2. The Labute approximate surface area is 185 Å². The standard InChI is InChI=1S/C22H26N6O4/c1-28-12-11-18(27-28)24-22-26-25-21(32-22)20(30)23-17-9-7-16(8-10-17)15-5-3-14(4-6-15)13-19(29)31-2/h7-12,14-15H,3-6,13H2,1-2H3,(H,23,30)(H,24,26,27). The summed E-state index contributed by atoms with van der Waals surface area (Å²) >= 11 is 0. The van der Waals surface area contributed by atoms with E-state index in [1.807, 2.05) is 24.3 Å². The molecule has 2 heterocycles. The van der Waals surface area contributed by atoms with Gasteiger partial charge in [-0.05, 0) is 55.2 Å². The highest BCUT2D eigenvalue weighted by Gasteiger charge is 2.24. The second kappa shape index (κ2) is 9.63. The number of esters is 1. The van der Waals surface area contributed by atoms with Crippen LogP contribution in [0.1, 0.15) is 54.3 Å². The number of methoxy groups -OCH3 is 1. The SMILES string of the molecule is COC(=O)CC1CCC(c2ccc(NC(=O)c3nnc(Nc4ccn(C)n4)o3)cc2)CC1. The molecule has 0 saturated heterocycles. The maximum absolute atomic E-state index is 12.4. The Bertz CT molecular complexity index is 1070. The predicted octanol–water partition coefficient (Wildman–Crippen LogP) is 3.64. The van der Waals surface area contributed by atoms with Crippen LogP contribution in [0, 0.1) is 5.92 Å². The van der Waals surface area contributed by atoms with Gasteiger partial charge in [0.1, 0.15) is 0 Å². The molecule has 1 fully saturated rings. The number of benzene rings is 1. The smallest absolute Gasteiger partial charge is 0.321 e. The van der Waals surface area contributed by atoms with Crippen LogP contribution in [0.2, 0.25) is 0 Å². The molecule has 1 aromatic carbocycles. The predicted molar refractivity (Wildman–Crippen MR) is 117 cm³/mol. The van der Waals surface area contributed by atoms with Crippen molar-refractivity contribution in [3.63, 3.8) is 0 Å². The number of rotatable bonds is 7. The summed E-state index contributed by atoms with van der Waals surface area (Å²) in [5, 5.41) is 17.4. The molecule has 32 heavy (non-hydrogen) atoms. The summed E-state index contributed by atoms with van der Waals surface area (Å²) in [5.41, 5.74) is 1.88. The molecule has 0 spiro atoms. The van der Waals surface area contributed by atoms with Gasteiger partial charge in [0.05, 0.1) is 7.11 Å². The zero-order chi connectivity index (χ0) is 22.5. The van der Waals surface area contributed by atoms with Crippen molar-refractivity contribution in [2.75, 3.05) is 17.7 Å². The van der Waals surface area contributed by atoms with Crippen molar-refractivity contribution < 1.29 is 18.7 Å². The van der Waals surface area contributed by atoms with E-state index in [0.717, 1.165) is 25.7 Å². The number of aryl methyl sites for hydroxylation is 1. The first-order valence-electron chi connectivity index (χ1n) is 10.6. The highest BCUT2D eigenvalue weighted by molar-refractivity contribution is 6.00. The summed E-state index contributed by atoms with van der Waals surface area (Å²) < 4.78 is 11.8. The lowest BCUT2D eigenvalue weighted by Crippen LogP contribution is -2.17. The van der Waals surface area contributed by atoms with Crippen molar-refractivity contribution in [2.24, 2.45) is 13.0 Å². The molecule has 1 aliphatic rings. The molecule has 10 heteroatoms. The first-order chi connectivity index (χ1) is 15.5. The van der Waals surface area contributed by atoms with E-state index in [2.05, 4.69) is 25.9 Å². The third-order valence-electron chi connectivity index (χ3n) is 5.74. The molecule has 3 aromatic rings. The van der Waals surface area contributed by atoms with Crippen LogP contribution in [-0.4, -0.2) is 39.0 Å². The van der Waals surface area contributed by atoms with E-state index in [0.29, 0.717) is 29.8 Å². The number of anilines is 3. The number of aromatic nitrogens is 4. The van der Waals surface area contributed by atoms with Crippen molar-refractivity contribution in [3.05, 3.63) is 48.0 Å². The van der Waals surface area contributed by atoms with Crippen LogP contribution in [0.5, 0.6) is 0 Å². The molecule has 2 aromatic heterocycles. The second-order valence-corrected chi connectivity index (χ2v) is 7.99. The summed E-state index contributed by atoms with van der Waals surface area (Å²) in [4.78, 5) is 23.9. The monoisotopic (exact) mass is 438 g/mol. The summed E-state index contributed by atoms with van der Waals surface area (Å²) in [5.74, 6) is 0.653. The molecule has 1 aliphatic carbocycles. The molecular formula is C22H26N6O4. The molecule has 10 nitrogen and oxygen atoms in total. The van der Waals surface area contributed by atoms with Gasteiger partial charge < -0.3 is 14.5 Å². The topological polar surface area (TPSA) is 124 Å². The molecule has 4 rings (SSSR count). The van der Waals surface area contributed by atoms with Crippen molar-refractivity contribution >= 4 is 29.4 Å². The van der Waals surface area contributed by atoms with Gasteiger partial charge >= 0.3 is 23.8 Å². The molecular weight excluding hydrogens is 412 g/mol. The largest absolute Gasteiger partial charge is 0.469 e. The maximum atomic E-state index is 12.4. The van der Waals surface area contributed by atoms with Crippen molar-refractivity contribution in [1.29, 1.82) is 0 Å². The summed E-state index contributed by atoms with van der Waals surface area (Å²) in [6, 6.07) is 9.64. The van der Waals surface area contributed by atoms with Crippen LogP contribution in [0.3, 0.4) is 0 Å². The minimum Gasteiger partial charge on any atom is -0.469 e. The quantitative estimate of drug-likeness (QED) is 0.536. The molecule has 0 radical (unpaired) electrons. The van der Waals surface area contributed by atoms with Gasteiger partial charge in [0.25, 0.3) is 0 Å². The fourth-order valence-corrected chi connectivity index (χ4v) is 4.00. The molecule has 1 amide bonds. The summed E-state index contributed by atoms with van der Waals surface area (Å²) in [6.07, 6.45) is 6.39. The Balaban J connectivity index is 1.29. The third kappa shape index (κ3) is 5.32. The van der Waals surface area contributed by atoms with E-state index in [9.17, 15) is 9.59 Å². The Morgan fingerprint density at radius 2 is 1.88 bits per heavy atom. The van der Waals surface area contributed by atoms with Gasteiger partial charge in [0.15, 0.2) is 5.82 Å². The van der Waals surface area contributed by atoms with E-state index >= 15 is 0 Å². The van der Waals surface area contributed by atoms with Gasteiger partial charge in [0, 0.05) is 31.4 Å². The van der Waals surface area contributed by atoms with Gasteiger partial charge in [-0.3, -0.25) is 19.6 Å². The number of nitrogens with one attached hydrogen (secondary N) is 2. The summed E-state index contributed by atoms with van der Waals surface area (Å²) in [6.45, 7) is 0. The lowest BCUT2D eigenvalue weighted by atomic mass is 9.77. The molecule has 1 saturated carbocycles. The zero-order valence-electron chi connectivity index (χ0n) is 18.1. The van der Waals surface area contributed by atoms with E-state index in [1.165, 1.54) is 12.7 Å². The van der Waals surface area contributed by atoms with E-state index in [4.69, 9.17) is 9.15 Å². The number of ether oxygens (including phenoxy) is 1. The fourth-order valence-electron chi connectivity index (χ4n) is 4.00. The third-order valence-corrected chi connectivity index (χ3v) is 5.74. The van der Waals surface area contributed by atoms with E-state index < -0.39 is 5.91 Å². The van der Waals surface area contributed by atoms with E-state index in [1.54, 1.807) is 24.0 Å². The van der Waals surface area contributed by atoms with Crippen LogP contribution >= 0.6 is 0 Å². The minimum absolute atomic E-state index is 0.0898. The van der Waals surface area contributed by atoms with Gasteiger partial charge in [-0.2, -0.15) is 5.10 Å². The Hall–Kier alpha value is -3.69. The van der Waals surface area contributed by atoms with Crippen LogP contribution in [0.4, 0.5) is 17.5 Å². The fraction of sp³-hybridized carbons (Fsp3) is 0.409. The minimum atomic E-state index is -0.484. The van der Waals surface area contributed by atoms with E-state index in [-0.39, 0.29) is 17.9 Å². The highest BCUT2D eigenvalue weighted by Crippen LogP contribution is 2.37. The highest BCUT2D eigenvalue weighted by atomic mass is 16.5. The number of amides is 1. The van der Waals surface area contributed by atoms with Crippen molar-refractivity contribution in [2.45, 2.75) is 38.0 Å². The number of carbonyl (C=O) groups is 2. The van der Waals surface area contributed by atoms with Crippen molar-refractivity contribution in [3.8, 4) is 0 Å². The van der Waals surface area contributed by atoms with Gasteiger partial charge in [0.2, 0.25) is 0 Å². The van der Waals surface area contributed by atoms with Crippen LogP contribution in [0.25, 0.3) is 0 Å². The molecule has 168 valence electrons. The average molecular weight is 438 g/mol. The number of nitrogens with zero attached hydrogens (tertiary/aromatic N) is 4. The lowest BCUT2D eigenvalue weighted by molar-refractivity contribution is -0.142. The molecule has 0 unspecified atom stereocenters. The van der Waals surface area contributed by atoms with Gasteiger partial charge in [-0.25, -0.2) is 0 Å². The van der Waals surface area contributed by atoms with Crippen LogP contribution in [0.15, 0.2) is 40.9 Å². The second-order valence-electron chi connectivity index (χ2n) is 7.99. The van der Waals surface area contributed by atoms with Crippen LogP contribution in [-0.2, 0) is 16.6 Å². The first kappa shape index (κ1) is 21.5. The summed E-state index contributed by atoms with van der Waals surface area (Å²) in [7, 11) is 3.23. The first-order valence-corrected chi connectivity index (χ1v) is 10.6. The van der Waals surface area contributed by atoms with Crippen LogP contribution < -0.4 is 10.6 Å². The normalized spacial score (nSPS) is 18.2. The molecule has 2 N–H and O–H groups in total. The zero-order valence-corrected chi connectivity index (χ0v) is 18.1. The molecule has 0 atom stereocenters. The number of hydrogen-bond donors (Lipinski definition) is 2. The average Bonchev–Trinajstić information content (AvgIpc) is 3.44. The Morgan fingerprint density at radius 3 is 2.53 bits per heavy atom. The maximum Gasteiger partial charge on any atom is 0.321 e. The molecule has 0 aliphatic heterocycles. The van der Waals surface area contributed by atoms with Gasteiger partial charge in [-0.1, -0.05) is 17.2 Å². The number of hydrogen-bond acceptors (Lipinski definition) is 8. The van der Waals surface area contributed by atoms with Crippen molar-refractivity contribution in [1.82, 2.24) is 20.0 Å². The Kier molecular flexibility index (Phi) is 6.48. The van der Waals surface area contributed by atoms with Gasteiger partial charge in [-0.15, -0.1) is 5.10 Å². The molecule has 0 bridgehead atoms.